The summed E-state index contributed by atoms with van der Waals surface area (Å²) < 4.78 is 8.90. The van der Waals surface area contributed by atoms with Gasteiger partial charge in [0, 0.05) is 24.6 Å². The topological polar surface area (TPSA) is 84.4 Å². The van der Waals surface area contributed by atoms with E-state index in [4.69, 9.17) is 4.74 Å². The van der Waals surface area contributed by atoms with Crippen LogP contribution in [-0.4, -0.2) is 52.1 Å². The molecule has 8 heteroatoms. The number of rotatable bonds is 7. The minimum absolute atomic E-state index is 0.218. The Kier molecular flexibility index (Phi) is 6.82. The van der Waals surface area contributed by atoms with Gasteiger partial charge in [-0.1, -0.05) is 34.8 Å². The molecule has 1 atom stereocenters. The predicted octanol–water partition coefficient (Wildman–Crippen LogP) is 2.28. The summed E-state index contributed by atoms with van der Waals surface area (Å²) in [6, 6.07) is 8.43. The smallest absolute Gasteiger partial charge is 0.276 e. The van der Waals surface area contributed by atoms with Gasteiger partial charge >= 0.3 is 0 Å². The Morgan fingerprint density at radius 1 is 1.27 bits per heavy atom. The highest BCUT2D eigenvalue weighted by Gasteiger charge is 2.34. The van der Waals surface area contributed by atoms with E-state index in [-0.39, 0.29) is 24.1 Å². The van der Waals surface area contributed by atoms with Crippen molar-refractivity contribution in [3.8, 4) is 0 Å². The maximum atomic E-state index is 13.1. The molecule has 0 saturated heterocycles. The lowest BCUT2D eigenvalue weighted by Crippen LogP contribution is -2.50. The predicted molar refractivity (Wildman–Crippen MR) is 99.9 cm³/mol. The van der Waals surface area contributed by atoms with Crippen LogP contribution in [0.15, 0.2) is 35.7 Å². The van der Waals surface area contributed by atoms with Crippen LogP contribution in [0.2, 0.25) is 0 Å². The fraction of sp³-hybridized carbons (Fsp3) is 0.444. The monoisotopic (exact) mass is 376 g/mol. The molecule has 7 nitrogen and oxygen atoms in total. The molecule has 0 radical (unpaired) electrons. The summed E-state index contributed by atoms with van der Waals surface area (Å²) >= 11 is 1.09. The van der Waals surface area contributed by atoms with Gasteiger partial charge < -0.3 is 15.0 Å². The summed E-state index contributed by atoms with van der Waals surface area (Å²) in [4.78, 5) is 27.5. The van der Waals surface area contributed by atoms with E-state index in [1.54, 1.807) is 12.5 Å². The van der Waals surface area contributed by atoms with E-state index in [2.05, 4.69) is 14.9 Å². The van der Waals surface area contributed by atoms with Crippen molar-refractivity contribution in [2.45, 2.75) is 32.4 Å². The highest BCUT2D eigenvalue weighted by Crippen LogP contribution is 2.24. The zero-order chi connectivity index (χ0) is 19.2. The molecule has 0 bridgehead atoms. The molecule has 1 N–H and O–H groups in total. The molecule has 0 fully saturated rings. The second-order valence-corrected chi connectivity index (χ2v) is 7.44. The standard InChI is InChI=1S/C18H24N4O3S/c1-18(2,3)19-16(23)15(13-8-6-5-7-9-13)22(10-11-25-4)17(24)14-12-26-21-20-14/h5-9,12,15H,10-11H2,1-4H3,(H,19,23)/t15-/m1/s1. The summed E-state index contributed by atoms with van der Waals surface area (Å²) in [6.07, 6.45) is 0. The Morgan fingerprint density at radius 3 is 2.50 bits per heavy atom. The largest absolute Gasteiger partial charge is 0.383 e. The van der Waals surface area contributed by atoms with Crippen LogP contribution >= 0.6 is 11.5 Å². The van der Waals surface area contributed by atoms with E-state index in [0.717, 1.165) is 17.1 Å². The van der Waals surface area contributed by atoms with Gasteiger partial charge in [0.15, 0.2) is 5.69 Å². The number of benzene rings is 1. The molecule has 0 unspecified atom stereocenters. The molecule has 1 aromatic carbocycles. The molecule has 1 aromatic heterocycles. The molecule has 0 saturated carbocycles. The van der Waals surface area contributed by atoms with Crippen molar-refractivity contribution in [3.05, 3.63) is 47.0 Å². The van der Waals surface area contributed by atoms with Gasteiger partial charge in [-0.2, -0.15) is 0 Å². The maximum Gasteiger partial charge on any atom is 0.276 e. The van der Waals surface area contributed by atoms with E-state index in [1.165, 1.54) is 4.90 Å². The SMILES string of the molecule is COCCN(C(=O)c1csnn1)[C@@H](C(=O)NC(C)(C)C)c1ccccc1. The molecule has 140 valence electrons. The minimum atomic E-state index is -0.792. The third kappa shape index (κ3) is 5.34. The van der Waals surface area contributed by atoms with Crippen LogP contribution < -0.4 is 5.32 Å². The summed E-state index contributed by atoms with van der Waals surface area (Å²) in [6.45, 7) is 6.26. The van der Waals surface area contributed by atoms with E-state index in [0.29, 0.717) is 6.61 Å². The normalized spacial score (nSPS) is 12.5. The number of ether oxygens (including phenoxy) is 1. The number of methoxy groups -OCH3 is 1. The number of carbonyl (C=O) groups excluding carboxylic acids is 2. The third-order valence-electron chi connectivity index (χ3n) is 3.55. The van der Waals surface area contributed by atoms with Gasteiger partial charge in [-0.25, -0.2) is 0 Å². The van der Waals surface area contributed by atoms with Crippen molar-refractivity contribution in [1.82, 2.24) is 19.8 Å². The van der Waals surface area contributed by atoms with E-state index < -0.39 is 11.6 Å². The van der Waals surface area contributed by atoms with Crippen LogP contribution in [0.25, 0.3) is 0 Å². The maximum absolute atomic E-state index is 13.1. The molecule has 26 heavy (non-hydrogen) atoms. The van der Waals surface area contributed by atoms with Crippen LogP contribution in [0.4, 0.5) is 0 Å². The Morgan fingerprint density at radius 2 is 1.96 bits per heavy atom. The lowest BCUT2D eigenvalue weighted by Gasteiger charge is -2.33. The van der Waals surface area contributed by atoms with Crippen LogP contribution in [0.3, 0.4) is 0 Å². The summed E-state index contributed by atoms with van der Waals surface area (Å²) in [5.41, 5.74) is 0.514. The lowest BCUT2D eigenvalue weighted by molar-refractivity contribution is -0.127. The number of aromatic nitrogens is 2. The molecular formula is C18H24N4O3S. The highest BCUT2D eigenvalue weighted by molar-refractivity contribution is 7.03. The molecule has 0 aliphatic heterocycles. The number of hydrogen-bond acceptors (Lipinski definition) is 6. The van der Waals surface area contributed by atoms with E-state index in [1.807, 2.05) is 51.1 Å². The first-order valence-corrected chi connectivity index (χ1v) is 9.11. The zero-order valence-electron chi connectivity index (χ0n) is 15.4. The second kappa shape index (κ2) is 8.86. The van der Waals surface area contributed by atoms with Crippen LogP contribution in [-0.2, 0) is 9.53 Å². The molecule has 2 amide bonds. The zero-order valence-corrected chi connectivity index (χ0v) is 16.2. The minimum Gasteiger partial charge on any atom is -0.383 e. The number of hydrogen-bond donors (Lipinski definition) is 1. The van der Waals surface area contributed by atoms with Gasteiger partial charge in [-0.3, -0.25) is 9.59 Å². The molecule has 2 aromatic rings. The van der Waals surface area contributed by atoms with E-state index in [9.17, 15) is 9.59 Å². The molecule has 1 heterocycles. The van der Waals surface area contributed by atoms with Crippen LogP contribution in [0.5, 0.6) is 0 Å². The second-order valence-electron chi connectivity index (χ2n) is 6.83. The molecule has 0 aliphatic rings. The number of nitrogens with one attached hydrogen (secondary N) is 1. The fourth-order valence-corrected chi connectivity index (χ4v) is 2.92. The van der Waals surface area contributed by atoms with Crippen molar-refractivity contribution in [1.29, 1.82) is 0 Å². The fourth-order valence-electron chi connectivity index (χ4n) is 2.49. The van der Waals surface area contributed by atoms with Crippen molar-refractivity contribution < 1.29 is 14.3 Å². The van der Waals surface area contributed by atoms with E-state index >= 15 is 0 Å². The molecular weight excluding hydrogens is 352 g/mol. The van der Waals surface area contributed by atoms with Crippen molar-refractivity contribution in [2.24, 2.45) is 0 Å². The Balaban J connectivity index is 2.43. The average molecular weight is 376 g/mol. The van der Waals surface area contributed by atoms with Gasteiger partial charge in [-0.05, 0) is 37.9 Å². The Hall–Kier alpha value is -2.32. The molecule has 0 aliphatic carbocycles. The average Bonchev–Trinajstić information content (AvgIpc) is 3.11. The first-order valence-electron chi connectivity index (χ1n) is 8.27. The molecule has 0 spiro atoms. The Bertz CT molecular complexity index is 714. The highest BCUT2D eigenvalue weighted by atomic mass is 32.1. The van der Waals surface area contributed by atoms with Crippen LogP contribution in [0, 0.1) is 0 Å². The van der Waals surface area contributed by atoms with Crippen molar-refractivity contribution in [3.63, 3.8) is 0 Å². The lowest BCUT2D eigenvalue weighted by atomic mass is 10.0. The Labute approximate surface area is 157 Å². The quantitative estimate of drug-likeness (QED) is 0.801. The first kappa shape index (κ1) is 20.0. The first-order chi connectivity index (χ1) is 12.3. The number of carbonyl (C=O) groups is 2. The van der Waals surface area contributed by atoms with Crippen LogP contribution in [0.1, 0.15) is 42.9 Å². The summed E-state index contributed by atoms with van der Waals surface area (Å²) in [5, 5.41) is 8.40. The van der Waals surface area contributed by atoms with Crippen molar-refractivity contribution in [2.75, 3.05) is 20.3 Å². The van der Waals surface area contributed by atoms with Crippen molar-refractivity contribution >= 4 is 23.3 Å². The van der Waals surface area contributed by atoms with Gasteiger partial charge in [-0.15, -0.1) is 5.10 Å². The van der Waals surface area contributed by atoms with Gasteiger partial charge in [0.05, 0.1) is 6.61 Å². The van der Waals surface area contributed by atoms with Gasteiger partial charge in [0.25, 0.3) is 5.91 Å². The summed E-state index contributed by atoms with van der Waals surface area (Å²) in [5.74, 6) is -0.606. The van der Waals surface area contributed by atoms with Gasteiger partial charge in [0.2, 0.25) is 5.91 Å². The molecule has 2 rings (SSSR count). The van der Waals surface area contributed by atoms with Gasteiger partial charge in [0.1, 0.15) is 6.04 Å². The third-order valence-corrected chi connectivity index (χ3v) is 4.05. The number of amides is 2. The number of nitrogens with zero attached hydrogens (tertiary/aromatic N) is 3. The summed E-state index contributed by atoms with van der Waals surface area (Å²) in [7, 11) is 1.56.